The van der Waals surface area contributed by atoms with Crippen LogP contribution in [0.15, 0.2) is 69.9 Å². The summed E-state index contributed by atoms with van der Waals surface area (Å²) >= 11 is 0. The Hall–Kier alpha value is -3.98. The maximum Gasteiger partial charge on any atom is 0.453 e. The monoisotopic (exact) mass is 497 g/mol. The first-order valence-electron chi connectivity index (χ1n) is 11.2. The van der Waals surface area contributed by atoms with Crippen LogP contribution in [-0.2, 0) is 19.3 Å². The minimum Gasteiger partial charge on any atom is -0.497 e. The van der Waals surface area contributed by atoms with Crippen molar-refractivity contribution in [2.75, 3.05) is 13.8 Å². The van der Waals surface area contributed by atoms with E-state index in [1.807, 2.05) is 36.1 Å². The van der Waals surface area contributed by atoms with E-state index in [0.29, 0.717) is 23.6 Å². The normalized spacial score (nSPS) is 13.8. The molecule has 9 heteroatoms. The number of fused-ring (bicyclic) bond motifs is 3. The standard InChI is InChI=1S/C27H22F3NO5/c1-16-3-5-17(6-4-16)13-31-14-21-22(34-15-31)12-11-20-23(32)25(26(27(28,29)30)36-24(20)21)35-19-9-7-18(33-2)8-10-19/h3-12H,13-15H2,1-2H3. The number of benzene rings is 3. The highest BCUT2D eigenvalue weighted by Crippen LogP contribution is 2.41. The van der Waals surface area contributed by atoms with Gasteiger partial charge in [-0.25, -0.2) is 0 Å². The predicted octanol–water partition coefficient (Wildman–Crippen LogP) is 6.27. The summed E-state index contributed by atoms with van der Waals surface area (Å²) in [5.41, 5.74) is 1.45. The van der Waals surface area contributed by atoms with Crippen LogP contribution in [0.5, 0.6) is 23.0 Å². The number of aryl methyl sites for hydroxylation is 1. The Kier molecular flexibility index (Phi) is 6.09. The van der Waals surface area contributed by atoms with E-state index in [9.17, 15) is 18.0 Å². The molecule has 0 atom stereocenters. The zero-order valence-corrected chi connectivity index (χ0v) is 19.5. The van der Waals surface area contributed by atoms with Gasteiger partial charge in [0, 0.05) is 13.1 Å². The summed E-state index contributed by atoms with van der Waals surface area (Å²) in [5, 5.41) is -0.0222. The summed E-state index contributed by atoms with van der Waals surface area (Å²) in [5.74, 6) is -1.51. The largest absolute Gasteiger partial charge is 0.497 e. The second-order valence-electron chi connectivity index (χ2n) is 8.53. The zero-order valence-electron chi connectivity index (χ0n) is 19.5. The lowest BCUT2D eigenvalue weighted by atomic mass is 10.1. The van der Waals surface area contributed by atoms with E-state index < -0.39 is 23.1 Å². The molecule has 0 aliphatic carbocycles. The average molecular weight is 497 g/mol. The molecule has 1 aromatic heterocycles. The van der Waals surface area contributed by atoms with Crippen LogP contribution in [0.2, 0.25) is 0 Å². The number of hydrogen-bond acceptors (Lipinski definition) is 6. The van der Waals surface area contributed by atoms with Crippen LogP contribution in [-0.4, -0.2) is 18.7 Å². The molecule has 0 spiro atoms. The van der Waals surface area contributed by atoms with Gasteiger partial charge in [0.25, 0.3) is 5.76 Å². The molecule has 2 heterocycles. The third-order valence-corrected chi connectivity index (χ3v) is 5.93. The summed E-state index contributed by atoms with van der Waals surface area (Å²) in [7, 11) is 1.46. The van der Waals surface area contributed by atoms with Crippen LogP contribution in [0.1, 0.15) is 22.5 Å². The number of alkyl halides is 3. The fourth-order valence-electron chi connectivity index (χ4n) is 4.09. The van der Waals surface area contributed by atoms with Gasteiger partial charge in [0.1, 0.15) is 29.6 Å². The van der Waals surface area contributed by atoms with Crippen LogP contribution in [0.25, 0.3) is 11.0 Å². The van der Waals surface area contributed by atoms with E-state index in [0.717, 1.165) is 11.1 Å². The minimum absolute atomic E-state index is 0.0222. The highest BCUT2D eigenvalue weighted by molar-refractivity contribution is 5.84. The summed E-state index contributed by atoms with van der Waals surface area (Å²) in [4.78, 5) is 15.2. The second-order valence-corrected chi connectivity index (χ2v) is 8.53. The highest BCUT2D eigenvalue weighted by Gasteiger charge is 2.41. The summed E-state index contributed by atoms with van der Waals surface area (Å²) in [6.07, 6.45) is -4.96. The summed E-state index contributed by atoms with van der Waals surface area (Å²) < 4.78 is 63.7. The van der Waals surface area contributed by atoms with Crippen LogP contribution >= 0.6 is 0 Å². The smallest absolute Gasteiger partial charge is 0.453 e. The first-order valence-corrected chi connectivity index (χ1v) is 11.2. The van der Waals surface area contributed by atoms with Crippen LogP contribution in [0.4, 0.5) is 13.2 Å². The van der Waals surface area contributed by atoms with Gasteiger partial charge < -0.3 is 18.6 Å². The molecule has 0 saturated heterocycles. The molecule has 4 aromatic rings. The lowest BCUT2D eigenvalue weighted by Crippen LogP contribution is -2.32. The summed E-state index contributed by atoms with van der Waals surface area (Å²) in [6.45, 7) is 3.01. The predicted molar refractivity (Wildman–Crippen MR) is 126 cm³/mol. The fraction of sp³-hybridized carbons (Fsp3) is 0.222. The van der Waals surface area contributed by atoms with Crippen LogP contribution < -0.4 is 19.6 Å². The molecule has 36 heavy (non-hydrogen) atoms. The van der Waals surface area contributed by atoms with E-state index in [1.54, 1.807) is 6.07 Å². The van der Waals surface area contributed by atoms with Crippen molar-refractivity contribution in [3.05, 3.63) is 93.3 Å². The Morgan fingerprint density at radius 2 is 1.67 bits per heavy atom. The number of rotatable bonds is 5. The molecule has 0 radical (unpaired) electrons. The van der Waals surface area contributed by atoms with Crippen LogP contribution in [0.3, 0.4) is 0 Å². The van der Waals surface area contributed by atoms with E-state index in [-0.39, 0.29) is 30.0 Å². The van der Waals surface area contributed by atoms with Crippen molar-refractivity contribution in [3.63, 3.8) is 0 Å². The van der Waals surface area contributed by atoms with E-state index in [2.05, 4.69) is 0 Å². The summed E-state index contributed by atoms with van der Waals surface area (Å²) in [6, 6.07) is 16.8. The van der Waals surface area contributed by atoms with Crippen molar-refractivity contribution in [2.45, 2.75) is 26.2 Å². The van der Waals surface area contributed by atoms with Crippen molar-refractivity contribution in [1.29, 1.82) is 0 Å². The van der Waals surface area contributed by atoms with Gasteiger partial charge in [-0.2, -0.15) is 13.2 Å². The fourth-order valence-corrected chi connectivity index (χ4v) is 4.09. The van der Waals surface area contributed by atoms with Gasteiger partial charge in [0.15, 0.2) is 0 Å². The Balaban J connectivity index is 1.56. The molecule has 1 aliphatic heterocycles. The van der Waals surface area contributed by atoms with E-state index >= 15 is 0 Å². The molecule has 1 aliphatic rings. The first kappa shape index (κ1) is 23.7. The van der Waals surface area contributed by atoms with Crippen molar-refractivity contribution in [1.82, 2.24) is 4.90 Å². The molecule has 6 nitrogen and oxygen atoms in total. The Morgan fingerprint density at radius 3 is 2.33 bits per heavy atom. The molecule has 0 N–H and O–H groups in total. The number of nitrogens with zero attached hydrogens (tertiary/aromatic N) is 1. The van der Waals surface area contributed by atoms with Crippen molar-refractivity contribution in [2.24, 2.45) is 0 Å². The lowest BCUT2D eigenvalue weighted by molar-refractivity contribution is -0.154. The van der Waals surface area contributed by atoms with Gasteiger partial charge in [0.05, 0.1) is 18.1 Å². The van der Waals surface area contributed by atoms with Gasteiger partial charge in [-0.15, -0.1) is 0 Å². The second kappa shape index (κ2) is 9.23. The molecule has 0 bridgehead atoms. The maximum atomic E-state index is 14.0. The number of ether oxygens (including phenoxy) is 3. The van der Waals surface area contributed by atoms with Gasteiger partial charge in [0.2, 0.25) is 11.2 Å². The van der Waals surface area contributed by atoms with Crippen molar-refractivity contribution < 1.29 is 31.8 Å². The quantitative estimate of drug-likeness (QED) is 0.324. The molecule has 0 unspecified atom stereocenters. The van der Waals surface area contributed by atoms with Gasteiger partial charge in [-0.1, -0.05) is 29.8 Å². The first-order chi connectivity index (χ1) is 17.2. The SMILES string of the molecule is COc1ccc(Oc2c(C(F)(F)F)oc3c4c(ccc3c2=O)OCN(Cc2ccc(C)cc2)C4)cc1. The molecule has 5 rings (SSSR count). The molecule has 0 saturated carbocycles. The molecular formula is C27H22F3NO5. The third-order valence-electron chi connectivity index (χ3n) is 5.93. The van der Waals surface area contributed by atoms with Gasteiger partial charge >= 0.3 is 6.18 Å². The van der Waals surface area contributed by atoms with E-state index in [4.69, 9.17) is 18.6 Å². The van der Waals surface area contributed by atoms with Crippen molar-refractivity contribution in [3.8, 4) is 23.0 Å². The number of methoxy groups -OCH3 is 1. The number of hydrogen-bond donors (Lipinski definition) is 0. The number of halogens is 3. The molecule has 0 fully saturated rings. The zero-order chi connectivity index (χ0) is 25.4. The minimum atomic E-state index is -4.96. The molecule has 3 aromatic carbocycles. The topological polar surface area (TPSA) is 61.1 Å². The lowest BCUT2D eigenvalue weighted by Gasteiger charge is -2.29. The Bertz CT molecular complexity index is 1460. The van der Waals surface area contributed by atoms with E-state index in [1.165, 1.54) is 37.4 Å². The average Bonchev–Trinajstić information content (AvgIpc) is 2.86. The van der Waals surface area contributed by atoms with Gasteiger partial charge in [-0.3, -0.25) is 9.69 Å². The Labute approximate surface area is 204 Å². The molecular weight excluding hydrogens is 475 g/mol. The highest BCUT2D eigenvalue weighted by atomic mass is 19.4. The molecule has 0 amide bonds. The molecule has 186 valence electrons. The van der Waals surface area contributed by atoms with Crippen molar-refractivity contribution >= 4 is 11.0 Å². The van der Waals surface area contributed by atoms with Gasteiger partial charge in [-0.05, 0) is 48.9 Å². The maximum absolute atomic E-state index is 14.0. The third kappa shape index (κ3) is 4.61. The van der Waals surface area contributed by atoms with Crippen LogP contribution in [0, 0.1) is 6.92 Å². The Morgan fingerprint density at radius 1 is 0.972 bits per heavy atom.